The van der Waals surface area contributed by atoms with Crippen molar-refractivity contribution in [2.45, 2.75) is 20.0 Å². The van der Waals surface area contributed by atoms with Gasteiger partial charge in [-0.15, -0.1) is 0 Å². The van der Waals surface area contributed by atoms with Crippen LogP contribution in [0.4, 0.5) is 36.4 Å². The molecule has 130 valence electrons. The van der Waals surface area contributed by atoms with Gasteiger partial charge < -0.3 is 15.2 Å². The fourth-order valence-electron chi connectivity index (χ4n) is 2.12. The smallest absolute Gasteiger partial charge is 0.360 e. The molecule has 0 saturated heterocycles. The van der Waals surface area contributed by atoms with E-state index in [1.54, 1.807) is 26.0 Å². The fraction of sp³-hybridized carbons (Fsp3) is 0.188. The van der Waals surface area contributed by atoms with E-state index in [4.69, 9.17) is 4.52 Å². The summed E-state index contributed by atoms with van der Waals surface area (Å²) in [4.78, 5) is 8.50. The molecule has 0 saturated carbocycles. The van der Waals surface area contributed by atoms with Gasteiger partial charge in [-0.05, 0) is 38.1 Å². The number of hydrogen-bond acceptors (Lipinski definition) is 6. The van der Waals surface area contributed by atoms with Gasteiger partial charge in [-0.3, -0.25) is 0 Å². The second-order valence-corrected chi connectivity index (χ2v) is 5.37. The monoisotopic (exact) mass is 349 g/mol. The molecule has 3 aromatic rings. The molecule has 0 unspecified atom stereocenters. The van der Waals surface area contributed by atoms with Gasteiger partial charge in [0.2, 0.25) is 5.95 Å². The molecule has 0 spiro atoms. The molecule has 1 aromatic carbocycles. The summed E-state index contributed by atoms with van der Waals surface area (Å²) >= 11 is 0. The first-order valence-corrected chi connectivity index (χ1v) is 7.30. The highest BCUT2D eigenvalue weighted by molar-refractivity contribution is 5.59. The van der Waals surface area contributed by atoms with Gasteiger partial charge in [-0.1, -0.05) is 5.16 Å². The van der Waals surface area contributed by atoms with Crippen molar-refractivity contribution in [3.05, 3.63) is 53.4 Å². The predicted molar refractivity (Wildman–Crippen MR) is 86.0 cm³/mol. The Morgan fingerprint density at radius 1 is 0.920 bits per heavy atom. The van der Waals surface area contributed by atoms with Gasteiger partial charge >= 0.3 is 6.18 Å². The van der Waals surface area contributed by atoms with Crippen molar-refractivity contribution >= 4 is 23.3 Å². The van der Waals surface area contributed by atoms with Crippen LogP contribution in [-0.4, -0.2) is 15.1 Å². The maximum Gasteiger partial charge on any atom is 0.416 e. The molecule has 6 nitrogen and oxygen atoms in total. The van der Waals surface area contributed by atoms with Crippen LogP contribution in [0.5, 0.6) is 0 Å². The summed E-state index contributed by atoms with van der Waals surface area (Å²) < 4.78 is 42.8. The molecule has 9 heteroatoms. The third kappa shape index (κ3) is 4.25. The number of rotatable bonds is 4. The lowest BCUT2D eigenvalue weighted by molar-refractivity contribution is -0.137. The minimum atomic E-state index is -4.36. The van der Waals surface area contributed by atoms with E-state index in [-0.39, 0.29) is 0 Å². The summed E-state index contributed by atoms with van der Waals surface area (Å²) in [5.41, 5.74) is 0.446. The Bertz CT molecular complexity index is 874. The van der Waals surface area contributed by atoms with E-state index in [9.17, 15) is 13.2 Å². The molecular weight excluding hydrogens is 335 g/mol. The minimum absolute atomic E-state index is 0.294. The molecule has 2 N–H and O–H groups in total. The molecule has 0 fully saturated rings. The van der Waals surface area contributed by atoms with Crippen LogP contribution >= 0.6 is 0 Å². The van der Waals surface area contributed by atoms with E-state index in [0.29, 0.717) is 34.7 Å². The van der Waals surface area contributed by atoms with Gasteiger partial charge in [0.1, 0.15) is 11.6 Å². The van der Waals surface area contributed by atoms with E-state index >= 15 is 0 Å². The zero-order valence-electron chi connectivity index (χ0n) is 13.3. The average Bonchev–Trinajstić information content (AvgIpc) is 2.91. The lowest BCUT2D eigenvalue weighted by Crippen LogP contribution is -2.05. The summed E-state index contributed by atoms with van der Waals surface area (Å²) in [7, 11) is 0. The third-order valence-electron chi connectivity index (χ3n) is 3.21. The number of benzene rings is 1. The Hall–Kier alpha value is -3.10. The molecule has 0 amide bonds. The van der Waals surface area contributed by atoms with Crippen LogP contribution in [0.1, 0.15) is 17.0 Å². The Labute approximate surface area is 141 Å². The van der Waals surface area contributed by atoms with Crippen LogP contribution in [0.25, 0.3) is 0 Å². The zero-order valence-corrected chi connectivity index (χ0v) is 13.3. The minimum Gasteiger partial charge on any atom is -0.360 e. The van der Waals surface area contributed by atoms with Crippen LogP contribution in [0.3, 0.4) is 0 Å². The van der Waals surface area contributed by atoms with E-state index in [0.717, 1.165) is 12.1 Å². The number of aryl methyl sites for hydroxylation is 2. The molecule has 3 rings (SSSR count). The van der Waals surface area contributed by atoms with Gasteiger partial charge in [0.05, 0.1) is 5.56 Å². The second-order valence-electron chi connectivity index (χ2n) is 5.37. The van der Waals surface area contributed by atoms with E-state index < -0.39 is 11.7 Å². The Morgan fingerprint density at radius 3 is 2.24 bits per heavy atom. The van der Waals surface area contributed by atoms with E-state index in [2.05, 4.69) is 25.8 Å². The lowest BCUT2D eigenvalue weighted by Gasteiger charge is -2.10. The fourth-order valence-corrected chi connectivity index (χ4v) is 2.12. The van der Waals surface area contributed by atoms with Gasteiger partial charge in [-0.25, -0.2) is 4.98 Å². The van der Waals surface area contributed by atoms with E-state index in [1.165, 1.54) is 12.1 Å². The van der Waals surface area contributed by atoms with Crippen molar-refractivity contribution in [3.63, 3.8) is 0 Å². The standard InChI is InChI=1S/C16H14F3N5O/c1-9-7-13(21-12-5-3-11(4-6-12)16(17,18)19)22-15(20-9)23-14-8-10(2)25-24-14/h3-8H,1-2H3,(H2,20,21,22,23,24). The molecular formula is C16H14F3N5O. The summed E-state index contributed by atoms with van der Waals surface area (Å²) in [6, 6.07) is 8.07. The maximum atomic E-state index is 12.6. The summed E-state index contributed by atoms with van der Waals surface area (Å²) in [5.74, 6) is 1.83. The van der Waals surface area contributed by atoms with Crippen molar-refractivity contribution in [1.29, 1.82) is 0 Å². The first-order valence-electron chi connectivity index (χ1n) is 7.30. The molecule has 0 aliphatic carbocycles. The second kappa shape index (κ2) is 6.42. The number of anilines is 4. The van der Waals surface area contributed by atoms with Crippen LogP contribution in [0.2, 0.25) is 0 Å². The highest BCUT2D eigenvalue weighted by Gasteiger charge is 2.29. The number of aromatic nitrogens is 3. The summed E-state index contributed by atoms with van der Waals surface area (Å²) in [6.45, 7) is 3.53. The van der Waals surface area contributed by atoms with Crippen molar-refractivity contribution in [1.82, 2.24) is 15.1 Å². The normalized spacial score (nSPS) is 11.4. The highest BCUT2D eigenvalue weighted by Crippen LogP contribution is 2.30. The topological polar surface area (TPSA) is 75.9 Å². The average molecular weight is 349 g/mol. The molecule has 0 aliphatic heterocycles. The summed E-state index contributed by atoms with van der Waals surface area (Å²) in [6.07, 6.45) is -4.36. The van der Waals surface area contributed by atoms with Crippen LogP contribution < -0.4 is 10.6 Å². The highest BCUT2D eigenvalue weighted by atomic mass is 19.4. The van der Waals surface area contributed by atoms with Crippen molar-refractivity contribution in [3.8, 4) is 0 Å². The summed E-state index contributed by atoms with van der Waals surface area (Å²) in [5, 5.41) is 9.65. The van der Waals surface area contributed by atoms with Gasteiger partial charge in [0, 0.05) is 23.5 Å². The molecule has 2 heterocycles. The third-order valence-corrected chi connectivity index (χ3v) is 3.21. The number of hydrogen-bond donors (Lipinski definition) is 2. The van der Waals surface area contributed by atoms with Crippen LogP contribution in [0, 0.1) is 13.8 Å². The number of alkyl halides is 3. The lowest BCUT2D eigenvalue weighted by atomic mass is 10.2. The number of nitrogens with zero attached hydrogens (tertiary/aromatic N) is 3. The number of halogens is 3. The Kier molecular flexibility index (Phi) is 4.30. The predicted octanol–water partition coefficient (Wildman–Crippen LogP) is 4.59. The van der Waals surface area contributed by atoms with Crippen molar-refractivity contribution < 1.29 is 17.7 Å². The van der Waals surface area contributed by atoms with Crippen LogP contribution in [0.15, 0.2) is 40.9 Å². The molecule has 0 atom stereocenters. The van der Waals surface area contributed by atoms with Crippen molar-refractivity contribution in [2.75, 3.05) is 10.6 Å². The first kappa shape index (κ1) is 16.7. The number of nitrogens with one attached hydrogen (secondary N) is 2. The molecule has 2 aromatic heterocycles. The molecule has 0 radical (unpaired) electrons. The van der Waals surface area contributed by atoms with Gasteiger partial charge in [0.25, 0.3) is 0 Å². The Balaban J connectivity index is 1.78. The maximum absolute atomic E-state index is 12.6. The van der Waals surface area contributed by atoms with Gasteiger partial charge in [0.15, 0.2) is 5.82 Å². The Morgan fingerprint density at radius 2 is 1.64 bits per heavy atom. The molecule has 25 heavy (non-hydrogen) atoms. The van der Waals surface area contributed by atoms with Gasteiger partial charge in [-0.2, -0.15) is 18.2 Å². The largest absolute Gasteiger partial charge is 0.416 e. The van der Waals surface area contributed by atoms with Crippen molar-refractivity contribution in [2.24, 2.45) is 0 Å². The molecule has 0 bridgehead atoms. The molecule has 0 aliphatic rings. The zero-order chi connectivity index (χ0) is 18.0. The van der Waals surface area contributed by atoms with E-state index in [1.807, 2.05) is 0 Å². The quantitative estimate of drug-likeness (QED) is 0.718. The first-order chi connectivity index (χ1) is 11.8. The SMILES string of the molecule is Cc1cc(Nc2ccc(C(F)(F)F)cc2)nc(Nc2cc(C)on2)n1. The van der Waals surface area contributed by atoms with Crippen LogP contribution in [-0.2, 0) is 6.18 Å².